The number of hydrogen-bond acceptors (Lipinski definition) is 3. The molecule has 0 aliphatic carbocycles. The Balaban J connectivity index is 1.89. The van der Waals surface area contributed by atoms with E-state index >= 15 is 0 Å². The summed E-state index contributed by atoms with van der Waals surface area (Å²) in [5.74, 6) is 0.116. The van der Waals surface area contributed by atoms with Crippen LogP contribution in [0.5, 0.6) is 0 Å². The van der Waals surface area contributed by atoms with E-state index in [4.69, 9.17) is 9.47 Å². The number of halogens is 1. The van der Waals surface area contributed by atoms with Crippen LogP contribution in [0.2, 0.25) is 0 Å². The molecule has 20 heavy (non-hydrogen) atoms. The van der Waals surface area contributed by atoms with Crippen LogP contribution in [0.15, 0.2) is 65.1 Å². The van der Waals surface area contributed by atoms with Crippen molar-refractivity contribution in [2.24, 2.45) is 0 Å². The fourth-order valence-corrected chi connectivity index (χ4v) is 2.20. The quantitative estimate of drug-likeness (QED) is 0.779. The number of ether oxygens (including phenoxy) is 2. The van der Waals surface area contributed by atoms with Gasteiger partial charge in [-0.15, -0.1) is 0 Å². The molecular formula is C16H11BrO3. The first-order valence-corrected chi connectivity index (χ1v) is 6.91. The van der Waals surface area contributed by atoms with E-state index in [1.165, 1.54) is 6.08 Å². The lowest BCUT2D eigenvalue weighted by molar-refractivity contribution is -0.166. The molecule has 2 aromatic carbocycles. The molecule has 1 unspecified atom stereocenters. The highest BCUT2D eigenvalue weighted by atomic mass is 79.9. The fourth-order valence-electron chi connectivity index (χ4n) is 1.93. The Morgan fingerprint density at radius 1 is 0.900 bits per heavy atom. The van der Waals surface area contributed by atoms with Crippen LogP contribution in [-0.4, -0.2) is 5.97 Å². The lowest BCUT2D eigenvalue weighted by Crippen LogP contribution is -2.18. The average molecular weight is 331 g/mol. The molecule has 0 spiro atoms. The van der Waals surface area contributed by atoms with Crippen molar-refractivity contribution in [1.29, 1.82) is 0 Å². The monoisotopic (exact) mass is 330 g/mol. The van der Waals surface area contributed by atoms with Gasteiger partial charge in [0.15, 0.2) is 0 Å². The van der Waals surface area contributed by atoms with Crippen molar-refractivity contribution in [3.8, 4) is 0 Å². The Labute approximate surface area is 125 Å². The zero-order valence-corrected chi connectivity index (χ0v) is 12.0. The number of carbonyl (C=O) groups excluding carboxylic acids is 1. The first-order valence-electron chi connectivity index (χ1n) is 6.12. The number of hydrogen-bond donors (Lipinski definition) is 0. The molecule has 0 fully saturated rings. The Morgan fingerprint density at radius 2 is 1.60 bits per heavy atom. The molecule has 0 aromatic heterocycles. The van der Waals surface area contributed by atoms with Gasteiger partial charge in [-0.25, -0.2) is 4.79 Å². The SMILES string of the molecule is O=C1C=C(c2ccc(Br)cc2)OC(c2ccccc2)O1. The largest absolute Gasteiger partial charge is 0.450 e. The molecule has 2 aromatic rings. The van der Waals surface area contributed by atoms with Crippen LogP contribution in [0, 0.1) is 0 Å². The van der Waals surface area contributed by atoms with Gasteiger partial charge in [-0.1, -0.05) is 58.4 Å². The van der Waals surface area contributed by atoms with Crippen LogP contribution in [0.3, 0.4) is 0 Å². The lowest BCUT2D eigenvalue weighted by Gasteiger charge is -2.24. The summed E-state index contributed by atoms with van der Waals surface area (Å²) in [6.07, 6.45) is 0.662. The van der Waals surface area contributed by atoms with E-state index in [-0.39, 0.29) is 0 Å². The van der Waals surface area contributed by atoms with E-state index in [1.807, 2.05) is 54.6 Å². The van der Waals surface area contributed by atoms with Gasteiger partial charge in [0.05, 0.1) is 6.08 Å². The highest BCUT2D eigenvalue weighted by Crippen LogP contribution is 2.31. The summed E-state index contributed by atoms with van der Waals surface area (Å²) in [6, 6.07) is 17.0. The molecule has 100 valence electrons. The van der Waals surface area contributed by atoms with Crippen molar-refractivity contribution >= 4 is 27.7 Å². The zero-order valence-electron chi connectivity index (χ0n) is 10.5. The van der Waals surface area contributed by atoms with E-state index in [9.17, 15) is 4.79 Å². The van der Waals surface area contributed by atoms with Gasteiger partial charge in [0.2, 0.25) is 0 Å². The van der Waals surface area contributed by atoms with Crippen LogP contribution in [0.1, 0.15) is 17.4 Å². The van der Waals surface area contributed by atoms with E-state index in [0.29, 0.717) is 5.76 Å². The van der Waals surface area contributed by atoms with Crippen molar-refractivity contribution < 1.29 is 14.3 Å². The van der Waals surface area contributed by atoms with Gasteiger partial charge < -0.3 is 9.47 Å². The van der Waals surface area contributed by atoms with Gasteiger partial charge in [0.25, 0.3) is 6.29 Å². The maximum Gasteiger partial charge on any atom is 0.337 e. The first kappa shape index (κ1) is 12.9. The number of rotatable bonds is 2. The molecule has 3 nitrogen and oxygen atoms in total. The molecular weight excluding hydrogens is 320 g/mol. The second-order valence-corrected chi connectivity index (χ2v) is 5.23. The van der Waals surface area contributed by atoms with Crippen molar-refractivity contribution in [3.05, 3.63) is 76.3 Å². The summed E-state index contributed by atoms with van der Waals surface area (Å²) < 4.78 is 11.9. The second-order valence-electron chi connectivity index (χ2n) is 4.31. The minimum atomic E-state index is -0.702. The first-order chi connectivity index (χ1) is 9.72. The summed E-state index contributed by atoms with van der Waals surface area (Å²) >= 11 is 3.38. The van der Waals surface area contributed by atoms with Gasteiger partial charge in [-0.2, -0.15) is 0 Å². The molecule has 1 atom stereocenters. The van der Waals surface area contributed by atoms with Crippen LogP contribution in [0.4, 0.5) is 0 Å². The maximum absolute atomic E-state index is 11.7. The van der Waals surface area contributed by atoms with Crippen LogP contribution < -0.4 is 0 Å². The van der Waals surface area contributed by atoms with E-state index in [1.54, 1.807) is 0 Å². The molecule has 0 saturated carbocycles. The fraction of sp³-hybridized carbons (Fsp3) is 0.0625. The maximum atomic E-state index is 11.7. The average Bonchev–Trinajstić information content (AvgIpc) is 2.48. The Kier molecular flexibility index (Phi) is 3.56. The molecule has 4 heteroatoms. The summed E-state index contributed by atoms with van der Waals surface area (Å²) in [4.78, 5) is 11.7. The standard InChI is InChI=1S/C16H11BrO3/c17-13-8-6-11(7-9-13)14-10-15(18)20-16(19-14)12-4-2-1-3-5-12/h1-10,16H. The molecule has 0 radical (unpaired) electrons. The van der Waals surface area contributed by atoms with Crippen LogP contribution in [0.25, 0.3) is 5.76 Å². The highest BCUT2D eigenvalue weighted by molar-refractivity contribution is 9.10. The summed E-state index contributed by atoms with van der Waals surface area (Å²) in [7, 11) is 0. The topological polar surface area (TPSA) is 35.5 Å². The second kappa shape index (κ2) is 5.51. The Bertz CT molecular complexity index is 647. The molecule has 0 N–H and O–H groups in total. The third-order valence-corrected chi connectivity index (χ3v) is 3.44. The third kappa shape index (κ3) is 2.75. The highest BCUT2D eigenvalue weighted by Gasteiger charge is 2.24. The van der Waals surface area contributed by atoms with Crippen molar-refractivity contribution in [1.82, 2.24) is 0 Å². The van der Waals surface area contributed by atoms with Crippen LogP contribution in [-0.2, 0) is 14.3 Å². The zero-order chi connectivity index (χ0) is 13.9. The molecule has 0 amide bonds. The number of esters is 1. The molecule has 1 aliphatic heterocycles. The predicted molar refractivity (Wildman–Crippen MR) is 78.5 cm³/mol. The molecule has 3 rings (SSSR count). The molecule has 1 aliphatic rings. The number of cyclic esters (lactones) is 1. The molecule has 0 bridgehead atoms. The van der Waals surface area contributed by atoms with Crippen LogP contribution >= 0.6 is 15.9 Å². The van der Waals surface area contributed by atoms with Gasteiger partial charge >= 0.3 is 5.97 Å². The summed E-state index contributed by atoms with van der Waals surface area (Å²) in [5.41, 5.74) is 1.65. The molecule has 1 heterocycles. The number of benzene rings is 2. The summed E-state index contributed by atoms with van der Waals surface area (Å²) in [5, 5.41) is 0. The minimum Gasteiger partial charge on any atom is -0.450 e. The predicted octanol–water partition coefficient (Wildman–Crippen LogP) is 4.06. The van der Waals surface area contributed by atoms with Crippen molar-refractivity contribution in [2.75, 3.05) is 0 Å². The Hall–Kier alpha value is -2.07. The van der Waals surface area contributed by atoms with Crippen molar-refractivity contribution in [2.45, 2.75) is 6.29 Å². The molecule has 0 saturated heterocycles. The van der Waals surface area contributed by atoms with Gasteiger partial charge in [-0.3, -0.25) is 0 Å². The third-order valence-electron chi connectivity index (χ3n) is 2.91. The van der Waals surface area contributed by atoms with Gasteiger partial charge in [0, 0.05) is 15.6 Å². The smallest absolute Gasteiger partial charge is 0.337 e. The van der Waals surface area contributed by atoms with E-state index in [0.717, 1.165) is 15.6 Å². The lowest BCUT2D eigenvalue weighted by atomic mass is 10.1. The summed E-state index contributed by atoms with van der Waals surface area (Å²) in [6.45, 7) is 0. The Morgan fingerprint density at radius 3 is 2.30 bits per heavy atom. The van der Waals surface area contributed by atoms with Gasteiger partial charge in [0.1, 0.15) is 5.76 Å². The number of carbonyl (C=O) groups is 1. The van der Waals surface area contributed by atoms with E-state index in [2.05, 4.69) is 15.9 Å². The van der Waals surface area contributed by atoms with Gasteiger partial charge in [-0.05, 0) is 12.1 Å². The van der Waals surface area contributed by atoms with Crippen molar-refractivity contribution in [3.63, 3.8) is 0 Å². The van der Waals surface area contributed by atoms with E-state index < -0.39 is 12.3 Å². The normalized spacial score (nSPS) is 17.9. The minimum absolute atomic E-state index is 0.400.